The van der Waals surface area contributed by atoms with E-state index in [-0.39, 0.29) is 18.3 Å². The van der Waals surface area contributed by atoms with Crippen LogP contribution in [0.25, 0.3) is 0 Å². The molecule has 25 heavy (non-hydrogen) atoms. The maximum Gasteiger partial charge on any atom is 0.254 e. The second-order valence-electron chi connectivity index (χ2n) is 7.20. The third kappa shape index (κ3) is 5.87. The third-order valence-electron chi connectivity index (χ3n) is 5.46. The second-order valence-corrected chi connectivity index (χ2v) is 7.64. The van der Waals surface area contributed by atoms with Crippen molar-refractivity contribution >= 4 is 29.9 Å². The first-order valence-electron chi connectivity index (χ1n) is 9.53. The van der Waals surface area contributed by atoms with Crippen molar-refractivity contribution in [1.29, 1.82) is 0 Å². The van der Waals surface area contributed by atoms with Gasteiger partial charge in [0.25, 0.3) is 5.91 Å². The van der Waals surface area contributed by atoms with E-state index in [4.69, 9.17) is 11.6 Å². The second kappa shape index (κ2) is 10.4. The predicted molar refractivity (Wildman–Crippen MR) is 107 cm³/mol. The van der Waals surface area contributed by atoms with Gasteiger partial charge in [0, 0.05) is 29.7 Å². The van der Waals surface area contributed by atoms with Gasteiger partial charge in [-0.25, -0.2) is 0 Å². The highest BCUT2D eigenvalue weighted by Crippen LogP contribution is 2.23. The molecular formula is C20H30Cl2N2O. The molecule has 3 rings (SSSR count). The Labute approximate surface area is 163 Å². The molecule has 3 nitrogen and oxygen atoms in total. The predicted octanol–water partition coefficient (Wildman–Crippen LogP) is 5.02. The lowest BCUT2D eigenvalue weighted by Gasteiger charge is -2.37. The lowest BCUT2D eigenvalue weighted by Crippen LogP contribution is -2.45. The van der Waals surface area contributed by atoms with Crippen molar-refractivity contribution in [2.45, 2.75) is 57.4 Å². The van der Waals surface area contributed by atoms with E-state index in [0.29, 0.717) is 11.1 Å². The number of likely N-dealkylation sites (tertiary alicyclic amines) is 2. The lowest BCUT2D eigenvalue weighted by atomic mass is 9.98. The van der Waals surface area contributed by atoms with Gasteiger partial charge in [0.05, 0.1) is 0 Å². The molecule has 1 atom stereocenters. The van der Waals surface area contributed by atoms with E-state index in [0.717, 1.165) is 37.9 Å². The highest BCUT2D eigenvalue weighted by atomic mass is 35.5. The Bertz CT molecular complexity index is 527. The molecule has 0 aromatic heterocycles. The van der Waals surface area contributed by atoms with Crippen LogP contribution in [0.5, 0.6) is 0 Å². The SMILES string of the molecule is Cl.O=C(c1ccc(Cl)cc1)N1CCCCC1CCN1CCCCCC1. The van der Waals surface area contributed by atoms with Gasteiger partial charge in [-0.1, -0.05) is 24.4 Å². The van der Waals surface area contributed by atoms with E-state index in [1.54, 1.807) is 0 Å². The summed E-state index contributed by atoms with van der Waals surface area (Å²) < 4.78 is 0. The molecule has 0 radical (unpaired) electrons. The fourth-order valence-corrected chi connectivity index (χ4v) is 4.14. The van der Waals surface area contributed by atoms with Gasteiger partial charge < -0.3 is 9.80 Å². The van der Waals surface area contributed by atoms with E-state index in [2.05, 4.69) is 9.80 Å². The molecule has 0 N–H and O–H groups in total. The van der Waals surface area contributed by atoms with Gasteiger partial charge in [-0.2, -0.15) is 0 Å². The van der Waals surface area contributed by atoms with Crippen LogP contribution in [0, 0.1) is 0 Å². The number of piperidine rings is 1. The molecule has 0 spiro atoms. The van der Waals surface area contributed by atoms with Crippen molar-refractivity contribution < 1.29 is 4.79 Å². The third-order valence-corrected chi connectivity index (χ3v) is 5.71. The summed E-state index contributed by atoms with van der Waals surface area (Å²) in [5, 5.41) is 0.683. The molecule has 2 saturated heterocycles. The van der Waals surface area contributed by atoms with E-state index in [1.807, 2.05) is 24.3 Å². The normalized spacial score (nSPS) is 22.1. The van der Waals surface area contributed by atoms with Crippen molar-refractivity contribution in [3.8, 4) is 0 Å². The molecule has 2 heterocycles. The van der Waals surface area contributed by atoms with Crippen molar-refractivity contribution in [1.82, 2.24) is 9.80 Å². The van der Waals surface area contributed by atoms with Crippen molar-refractivity contribution in [2.24, 2.45) is 0 Å². The van der Waals surface area contributed by atoms with Crippen molar-refractivity contribution in [3.05, 3.63) is 34.9 Å². The quantitative estimate of drug-likeness (QED) is 0.726. The van der Waals surface area contributed by atoms with Crippen LogP contribution >= 0.6 is 24.0 Å². The summed E-state index contributed by atoms with van der Waals surface area (Å²) in [7, 11) is 0. The lowest BCUT2D eigenvalue weighted by molar-refractivity contribution is 0.0584. The number of carbonyl (C=O) groups is 1. The van der Waals surface area contributed by atoms with Crippen LogP contribution in [-0.2, 0) is 0 Å². The summed E-state index contributed by atoms with van der Waals surface area (Å²) in [6.07, 6.45) is 10.0. The summed E-state index contributed by atoms with van der Waals surface area (Å²) in [5.41, 5.74) is 0.765. The van der Waals surface area contributed by atoms with Gasteiger partial charge in [-0.15, -0.1) is 12.4 Å². The molecule has 0 aliphatic carbocycles. The monoisotopic (exact) mass is 384 g/mol. The number of hydrogen-bond acceptors (Lipinski definition) is 2. The molecule has 1 amide bonds. The molecular weight excluding hydrogens is 355 g/mol. The molecule has 0 bridgehead atoms. The Kier molecular flexibility index (Phi) is 8.54. The number of rotatable bonds is 4. The van der Waals surface area contributed by atoms with E-state index in [1.165, 1.54) is 45.2 Å². The summed E-state index contributed by atoms with van der Waals surface area (Å²) in [5.74, 6) is 0.173. The van der Waals surface area contributed by atoms with Gasteiger partial charge in [-0.3, -0.25) is 4.79 Å². The summed E-state index contributed by atoms with van der Waals surface area (Å²) in [4.78, 5) is 17.6. The minimum Gasteiger partial charge on any atom is -0.336 e. The molecule has 1 aromatic rings. The van der Waals surface area contributed by atoms with Crippen LogP contribution in [0.3, 0.4) is 0 Å². The van der Waals surface area contributed by atoms with Crippen LogP contribution in [0.15, 0.2) is 24.3 Å². The fourth-order valence-electron chi connectivity index (χ4n) is 4.02. The van der Waals surface area contributed by atoms with E-state index >= 15 is 0 Å². The number of nitrogens with zero attached hydrogens (tertiary/aromatic N) is 2. The average molecular weight is 385 g/mol. The van der Waals surface area contributed by atoms with Crippen LogP contribution in [0.2, 0.25) is 5.02 Å². The Morgan fingerprint density at radius 1 is 0.960 bits per heavy atom. The van der Waals surface area contributed by atoms with Gasteiger partial charge in [0.1, 0.15) is 0 Å². The fraction of sp³-hybridized carbons (Fsp3) is 0.650. The van der Waals surface area contributed by atoms with Crippen LogP contribution in [0.4, 0.5) is 0 Å². The Hall–Kier alpha value is -0.770. The van der Waals surface area contributed by atoms with Gasteiger partial charge in [-0.05, 0) is 75.9 Å². The zero-order chi connectivity index (χ0) is 16.8. The number of carbonyl (C=O) groups excluding carboxylic acids is 1. The highest BCUT2D eigenvalue weighted by Gasteiger charge is 2.27. The molecule has 140 valence electrons. The Morgan fingerprint density at radius 3 is 2.28 bits per heavy atom. The smallest absolute Gasteiger partial charge is 0.254 e. The standard InChI is InChI=1S/C20H29ClN2O.ClH/c21-18-10-8-17(9-11-18)20(24)23-15-6-3-7-19(23)12-16-22-13-4-1-2-5-14-22;/h8-11,19H,1-7,12-16H2;1H. The minimum absolute atomic E-state index is 0. The summed E-state index contributed by atoms with van der Waals surface area (Å²) in [6, 6.07) is 7.72. The van der Waals surface area contributed by atoms with E-state index < -0.39 is 0 Å². The topological polar surface area (TPSA) is 23.6 Å². The molecule has 2 aliphatic heterocycles. The highest BCUT2D eigenvalue weighted by molar-refractivity contribution is 6.30. The zero-order valence-corrected chi connectivity index (χ0v) is 16.5. The number of amides is 1. The maximum absolute atomic E-state index is 12.9. The summed E-state index contributed by atoms with van der Waals surface area (Å²) >= 11 is 5.95. The number of hydrogen-bond donors (Lipinski definition) is 0. The van der Waals surface area contributed by atoms with E-state index in [9.17, 15) is 4.79 Å². The number of halogens is 2. The van der Waals surface area contributed by atoms with Crippen molar-refractivity contribution in [2.75, 3.05) is 26.2 Å². The Balaban J connectivity index is 0.00000225. The minimum atomic E-state index is 0. The van der Waals surface area contributed by atoms with Crippen LogP contribution in [0.1, 0.15) is 61.7 Å². The first kappa shape index (κ1) is 20.5. The number of benzene rings is 1. The van der Waals surface area contributed by atoms with Gasteiger partial charge in [0.2, 0.25) is 0 Å². The van der Waals surface area contributed by atoms with Crippen molar-refractivity contribution in [3.63, 3.8) is 0 Å². The molecule has 2 fully saturated rings. The maximum atomic E-state index is 12.9. The molecule has 5 heteroatoms. The van der Waals surface area contributed by atoms with Crippen LogP contribution < -0.4 is 0 Å². The van der Waals surface area contributed by atoms with Gasteiger partial charge in [0.15, 0.2) is 0 Å². The van der Waals surface area contributed by atoms with Crippen LogP contribution in [-0.4, -0.2) is 47.9 Å². The molecule has 0 saturated carbocycles. The molecule has 1 aromatic carbocycles. The summed E-state index contributed by atoms with van der Waals surface area (Å²) in [6.45, 7) is 4.50. The first-order valence-corrected chi connectivity index (χ1v) is 9.91. The first-order chi connectivity index (χ1) is 11.7. The Morgan fingerprint density at radius 2 is 1.60 bits per heavy atom. The zero-order valence-electron chi connectivity index (χ0n) is 15.0. The largest absolute Gasteiger partial charge is 0.336 e. The molecule has 1 unspecified atom stereocenters. The molecule has 2 aliphatic rings. The average Bonchev–Trinajstić information content (AvgIpc) is 2.89. The van der Waals surface area contributed by atoms with Gasteiger partial charge >= 0.3 is 0 Å².